The summed E-state index contributed by atoms with van der Waals surface area (Å²) < 4.78 is 32.4. The molecule has 276 valence electrons. The Morgan fingerprint density at radius 3 is 2.49 bits per heavy atom. The number of hydrogen-bond acceptors (Lipinski definition) is 9. The molecule has 14 heteroatoms. The first kappa shape index (κ1) is 34.9. The van der Waals surface area contributed by atoms with E-state index in [1.807, 2.05) is 23.0 Å². The Morgan fingerprint density at radius 1 is 0.925 bits per heavy atom. The number of aryl methyl sites for hydroxylation is 1. The highest BCUT2D eigenvalue weighted by molar-refractivity contribution is 6.01. The number of anilines is 3. The molecule has 0 saturated carbocycles. The fourth-order valence-corrected chi connectivity index (χ4v) is 8.02. The number of nitrogens with zero attached hydrogens (tertiary/aromatic N) is 8. The molecule has 0 radical (unpaired) electrons. The average Bonchev–Trinajstić information content (AvgIpc) is 3.84. The van der Waals surface area contributed by atoms with Gasteiger partial charge < -0.3 is 15.1 Å². The quantitative estimate of drug-likeness (QED) is 0.196. The predicted octanol–water partition coefficient (Wildman–Crippen LogP) is 5.29. The molecule has 12 nitrogen and oxygen atoms in total. The maximum Gasteiger partial charge on any atom is 0.234 e. The van der Waals surface area contributed by atoms with Gasteiger partial charge in [-0.3, -0.25) is 28.9 Å². The number of carbonyl (C=O) groups excluding carboxylic acids is 2. The second kappa shape index (κ2) is 14.7. The summed E-state index contributed by atoms with van der Waals surface area (Å²) in [7, 11) is 0. The molecular formula is C39H44F2N10O2. The van der Waals surface area contributed by atoms with Crippen LogP contribution >= 0.6 is 0 Å². The summed E-state index contributed by atoms with van der Waals surface area (Å²) in [6.45, 7) is 10.9. The normalized spacial score (nSPS) is 20.6. The number of halogens is 2. The average molecular weight is 723 g/mol. The topological polar surface area (TPSA) is 116 Å². The first-order valence-electron chi connectivity index (χ1n) is 18.4. The number of hydrogen-bond donors (Lipinski definition) is 2. The van der Waals surface area contributed by atoms with Crippen LogP contribution in [0.3, 0.4) is 0 Å². The minimum atomic E-state index is -0.653. The SMILES string of the molecule is Cc1cc(-c2cnc(Nc3cnn(C4CCN(CCN5CCN(c6ccc(C7CCC(=O)NC7=O)cc6)[C@H](C)C5)CC4)c3)c3nccn23)c(F)cc1F. The van der Waals surface area contributed by atoms with Gasteiger partial charge in [0, 0.05) is 94.2 Å². The molecule has 1 unspecified atom stereocenters. The maximum absolute atomic E-state index is 14.7. The van der Waals surface area contributed by atoms with Gasteiger partial charge in [-0.05, 0) is 62.4 Å². The van der Waals surface area contributed by atoms with E-state index in [0.29, 0.717) is 47.6 Å². The number of aromatic nitrogens is 5. The van der Waals surface area contributed by atoms with Crippen LogP contribution in [-0.4, -0.2) is 97.6 Å². The van der Waals surface area contributed by atoms with Crippen LogP contribution in [0.4, 0.5) is 26.0 Å². The first-order valence-corrected chi connectivity index (χ1v) is 18.4. The van der Waals surface area contributed by atoms with Crippen molar-refractivity contribution in [3.63, 3.8) is 0 Å². The highest BCUT2D eigenvalue weighted by Gasteiger charge is 2.29. The number of piperidine rings is 2. The van der Waals surface area contributed by atoms with Crippen molar-refractivity contribution < 1.29 is 18.4 Å². The molecule has 2 amide bonds. The van der Waals surface area contributed by atoms with Gasteiger partial charge in [0.05, 0.1) is 35.7 Å². The number of imidazole rings is 1. The van der Waals surface area contributed by atoms with Crippen LogP contribution in [0.1, 0.15) is 55.7 Å². The zero-order valence-corrected chi connectivity index (χ0v) is 30.0. The fraction of sp³-hybridized carbons (Fsp3) is 0.410. The molecule has 3 saturated heterocycles. The van der Waals surface area contributed by atoms with Gasteiger partial charge in [0.2, 0.25) is 11.8 Å². The molecule has 3 aromatic heterocycles. The molecule has 53 heavy (non-hydrogen) atoms. The minimum Gasteiger partial charge on any atom is -0.366 e. The molecule has 8 rings (SSSR count). The zero-order valence-electron chi connectivity index (χ0n) is 30.0. The van der Waals surface area contributed by atoms with Gasteiger partial charge in [-0.25, -0.2) is 18.7 Å². The van der Waals surface area contributed by atoms with Crippen molar-refractivity contribution in [2.45, 2.75) is 57.5 Å². The van der Waals surface area contributed by atoms with Crippen molar-refractivity contribution in [1.82, 2.24) is 39.3 Å². The van der Waals surface area contributed by atoms with E-state index in [4.69, 9.17) is 0 Å². The maximum atomic E-state index is 14.7. The van der Waals surface area contributed by atoms with Crippen LogP contribution in [0.5, 0.6) is 0 Å². The van der Waals surface area contributed by atoms with Gasteiger partial charge in [-0.1, -0.05) is 12.1 Å². The first-order chi connectivity index (χ1) is 25.7. The molecular weight excluding hydrogens is 678 g/mol. The molecule has 0 aliphatic carbocycles. The van der Waals surface area contributed by atoms with Crippen LogP contribution in [0, 0.1) is 18.6 Å². The van der Waals surface area contributed by atoms with Crippen LogP contribution in [0.15, 0.2) is 67.4 Å². The third-order valence-corrected chi connectivity index (χ3v) is 11.1. The lowest BCUT2D eigenvalue weighted by atomic mass is 9.90. The summed E-state index contributed by atoms with van der Waals surface area (Å²) in [5.41, 5.74) is 4.56. The monoisotopic (exact) mass is 722 g/mol. The molecule has 0 spiro atoms. The van der Waals surface area contributed by atoms with Gasteiger partial charge in [-0.15, -0.1) is 0 Å². The molecule has 3 aliphatic heterocycles. The van der Waals surface area contributed by atoms with Gasteiger partial charge in [0.1, 0.15) is 11.6 Å². The van der Waals surface area contributed by atoms with Gasteiger partial charge in [0.15, 0.2) is 11.5 Å². The van der Waals surface area contributed by atoms with E-state index >= 15 is 0 Å². The Labute approximate surface area is 306 Å². The van der Waals surface area contributed by atoms with Crippen molar-refractivity contribution >= 4 is 34.7 Å². The zero-order chi connectivity index (χ0) is 36.6. The van der Waals surface area contributed by atoms with Crippen molar-refractivity contribution in [2.24, 2.45) is 0 Å². The Kier molecular flexibility index (Phi) is 9.64. The van der Waals surface area contributed by atoms with Crippen molar-refractivity contribution in [2.75, 3.05) is 56.0 Å². The third-order valence-electron chi connectivity index (χ3n) is 11.1. The summed E-state index contributed by atoms with van der Waals surface area (Å²) in [5, 5.41) is 10.5. The Bertz CT molecular complexity index is 2120. The smallest absolute Gasteiger partial charge is 0.234 e. The predicted molar refractivity (Wildman–Crippen MR) is 198 cm³/mol. The molecule has 0 bridgehead atoms. The molecule has 5 aromatic rings. The third kappa shape index (κ3) is 7.25. The van der Waals surface area contributed by atoms with E-state index in [9.17, 15) is 18.4 Å². The molecule has 3 aliphatic rings. The summed E-state index contributed by atoms with van der Waals surface area (Å²) in [5.74, 6) is -1.36. The number of piperazine rings is 1. The number of rotatable bonds is 9. The Morgan fingerprint density at radius 2 is 1.72 bits per heavy atom. The summed E-state index contributed by atoms with van der Waals surface area (Å²) >= 11 is 0. The van der Waals surface area contributed by atoms with E-state index < -0.39 is 11.6 Å². The largest absolute Gasteiger partial charge is 0.366 e. The van der Waals surface area contributed by atoms with Crippen LogP contribution in [0.2, 0.25) is 0 Å². The molecule has 2 atom stereocenters. The van der Waals surface area contributed by atoms with Crippen molar-refractivity contribution in [1.29, 1.82) is 0 Å². The number of likely N-dealkylation sites (tertiary alicyclic amines) is 1. The molecule has 3 fully saturated rings. The highest BCUT2D eigenvalue weighted by Crippen LogP contribution is 2.31. The van der Waals surface area contributed by atoms with Crippen molar-refractivity contribution in [3.05, 3.63) is 90.1 Å². The van der Waals surface area contributed by atoms with Crippen LogP contribution < -0.4 is 15.5 Å². The minimum absolute atomic E-state index is 0.186. The molecule has 2 aromatic carbocycles. The Balaban J connectivity index is 0.809. The van der Waals surface area contributed by atoms with Gasteiger partial charge >= 0.3 is 0 Å². The van der Waals surface area contributed by atoms with E-state index in [1.54, 1.807) is 36.1 Å². The van der Waals surface area contributed by atoms with Gasteiger partial charge in [-0.2, -0.15) is 5.10 Å². The lowest BCUT2D eigenvalue weighted by Crippen LogP contribution is -2.53. The summed E-state index contributed by atoms with van der Waals surface area (Å²) in [6.07, 6.45) is 11.7. The lowest BCUT2D eigenvalue weighted by Gasteiger charge is -2.42. The van der Waals surface area contributed by atoms with Gasteiger partial charge in [0.25, 0.3) is 0 Å². The fourth-order valence-electron chi connectivity index (χ4n) is 8.02. The number of imide groups is 1. The number of fused-ring (bicyclic) bond motifs is 1. The number of nitrogens with one attached hydrogen (secondary N) is 2. The van der Waals surface area contributed by atoms with E-state index in [0.717, 1.165) is 76.0 Å². The van der Waals surface area contributed by atoms with Crippen LogP contribution in [-0.2, 0) is 9.59 Å². The molecule has 6 heterocycles. The Hall–Kier alpha value is -5.21. The van der Waals surface area contributed by atoms with E-state index in [1.165, 1.54) is 11.8 Å². The standard InChI is InChI=1S/C39H44F2N10O2/c1-25-19-32(34(41)20-33(25)40)35-22-43-37(38-42-11-14-50(35)38)45-28-21-44-51(24-28)30-9-12-47(13-10-30)15-16-48-17-18-49(26(2)23-48)29-5-3-27(4-6-29)31-7-8-36(52)46-39(31)53/h3-6,11,14,19-22,24,26,30-31H,7-10,12-13,15-18,23H2,1-2H3,(H,43,45)(H,46,52,53)/t26-,31?/m1/s1. The second-order valence-electron chi connectivity index (χ2n) is 14.5. The second-order valence-corrected chi connectivity index (χ2v) is 14.5. The highest BCUT2D eigenvalue weighted by atomic mass is 19.1. The lowest BCUT2D eigenvalue weighted by molar-refractivity contribution is -0.134. The van der Waals surface area contributed by atoms with E-state index in [-0.39, 0.29) is 23.3 Å². The molecule has 2 N–H and O–H groups in total. The number of benzene rings is 2. The van der Waals surface area contributed by atoms with Crippen LogP contribution in [0.25, 0.3) is 16.9 Å². The number of amides is 2. The van der Waals surface area contributed by atoms with Crippen molar-refractivity contribution in [3.8, 4) is 11.3 Å². The number of carbonyl (C=O) groups is 2. The summed E-state index contributed by atoms with van der Waals surface area (Å²) in [4.78, 5) is 40.4. The van der Waals surface area contributed by atoms with E-state index in [2.05, 4.69) is 59.5 Å². The summed E-state index contributed by atoms with van der Waals surface area (Å²) in [6, 6.07) is 11.4.